The molecule has 1 aromatic rings. The van der Waals surface area contributed by atoms with Gasteiger partial charge in [0.1, 0.15) is 6.04 Å². The van der Waals surface area contributed by atoms with Crippen LogP contribution < -0.4 is 5.73 Å². The van der Waals surface area contributed by atoms with Crippen LogP contribution in [0.25, 0.3) is 0 Å². The van der Waals surface area contributed by atoms with E-state index in [4.69, 9.17) is 10.5 Å². The molecule has 0 saturated heterocycles. The third-order valence-electron chi connectivity index (χ3n) is 1.72. The molecule has 0 aliphatic carbocycles. The Labute approximate surface area is 81.5 Å². The first-order chi connectivity index (χ1) is 6.16. The van der Waals surface area contributed by atoms with Crippen LogP contribution in [0.1, 0.15) is 23.4 Å². The molecule has 1 rings (SSSR count). The molecule has 4 heteroatoms. The van der Waals surface area contributed by atoms with Crippen molar-refractivity contribution in [2.24, 2.45) is 5.73 Å². The Hall–Kier alpha value is -0.870. The van der Waals surface area contributed by atoms with Crippen molar-refractivity contribution in [2.45, 2.75) is 19.9 Å². The van der Waals surface area contributed by atoms with Crippen LogP contribution in [0, 0.1) is 6.92 Å². The molecule has 1 unspecified atom stereocenters. The van der Waals surface area contributed by atoms with Gasteiger partial charge in [-0.3, -0.25) is 0 Å². The molecule has 0 amide bonds. The highest BCUT2D eigenvalue weighted by Crippen LogP contribution is 2.22. The number of hydrogen-bond donors (Lipinski definition) is 1. The summed E-state index contributed by atoms with van der Waals surface area (Å²) in [7, 11) is 0. The number of rotatable bonds is 3. The Morgan fingerprint density at radius 3 is 2.92 bits per heavy atom. The quantitative estimate of drug-likeness (QED) is 0.752. The number of carbonyl (C=O) groups is 1. The Morgan fingerprint density at radius 1 is 1.77 bits per heavy atom. The first kappa shape index (κ1) is 10.2. The molecule has 72 valence electrons. The summed E-state index contributed by atoms with van der Waals surface area (Å²) >= 11 is 1.49. The zero-order valence-corrected chi connectivity index (χ0v) is 8.56. The van der Waals surface area contributed by atoms with Gasteiger partial charge in [-0.05, 0) is 30.9 Å². The van der Waals surface area contributed by atoms with Crippen molar-refractivity contribution in [3.63, 3.8) is 0 Å². The smallest absolute Gasteiger partial charge is 0.328 e. The molecule has 13 heavy (non-hydrogen) atoms. The van der Waals surface area contributed by atoms with Crippen LogP contribution in [0.2, 0.25) is 0 Å². The van der Waals surface area contributed by atoms with Gasteiger partial charge in [-0.25, -0.2) is 4.79 Å². The molecular formula is C9H13NO2S. The molecule has 0 aliphatic rings. The predicted molar refractivity (Wildman–Crippen MR) is 52.6 cm³/mol. The molecule has 1 aromatic heterocycles. The van der Waals surface area contributed by atoms with Gasteiger partial charge in [0.2, 0.25) is 0 Å². The van der Waals surface area contributed by atoms with E-state index in [-0.39, 0.29) is 5.97 Å². The largest absolute Gasteiger partial charge is 0.465 e. The van der Waals surface area contributed by atoms with Crippen LogP contribution in [-0.4, -0.2) is 12.6 Å². The van der Waals surface area contributed by atoms with E-state index in [1.807, 2.05) is 18.4 Å². The van der Waals surface area contributed by atoms with Crippen LogP contribution in [0.5, 0.6) is 0 Å². The fourth-order valence-corrected chi connectivity index (χ4v) is 1.96. The highest BCUT2D eigenvalue weighted by molar-refractivity contribution is 7.10. The number of thiophene rings is 1. The van der Waals surface area contributed by atoms with Crippen LogP contribution in [-0.2, 0) is 9.53 Å². The number of hydrogen-bond acceptors (Lipinski definition) is 4. The topological polar surface area (TPSA) is 52.3 Å². The molecule has 3 nitrogen and oxygen atoms in total. The standard InChI is InChI=1S/C9H13NO2S/c1-3-12-9(11)7(10)8-6(2)4-5-13-8/h4-5,7H,3,10H2,1-2H3. The predicted octanol–water partition coefficient (Wildman–Crippen LogP) is 1.62. The van der Waals surface area contributed by atoms with E-state index < -0.39 is 6.04 Å². The number of ether oxygens (including phenoxy) is 1. The summed E-state index contributed by atoms with van der Waals surface area (Å²) in [6.07, 6.45) is 0. The highest BCUT2D eigenvalue weighted by atomic mass is 32.1. The van der Waals surface area contributed by atoms with Gasteiger partial charge in [0.25, 0.3) is 0 Å². The Balaban J connectivity index is 2.73. The van der Waals surface area contributed by atoms with Crippen molar-refractivity contribution in [1.82, 2.24) is 0 Å². The van der Waals surface area contributed by atoms with Gasteiger partial charge < -0.3 is 10.5 Å². The second kappa shape index (κ2) is 4.39. The normalized spacial score (nSPS) is 12.5. The van der Waals surface area contributed by atoms with E-state index >= 15 is 0 Å². The number of aryl methyl sites for hydroxylation is 1. The summed E-state index contributed by atoms with van der Waals surface area (Å²) in [6, 6.07) is 1.32. The highest BCUT2D eigenvalue weighted by Gasteiger charge is 2.19. The van der Waals surface area contributed by atoms with Crippen LogP contribution in [0.15, 0.2) is 11.4 Å². The average Bonchev–Trinajstić information content (AvgIpc) is 2.50. The lowest BCUT2D eigenvalue weighted by Gasteiger charge is -2.09. The monoisotopic (exact) mass is 199 g/mol. The molecule has 1 atom stereocenters. The minimum Gasteiger partial charge on any atom is -0.465 e. The van der Waals surface area contributed by atoms with E-state index in [9.17, 15) is 4.79 Å². The Kier molecular flexibility index (Phi) is 3.45. The lowest BCUT2D eigenvalue weighted by molar-refractivity contribution is -0.144. The molecule has 0 radical (unpaired) electrons. The Morgan fingerprint density at radius 2 is 2.46 bits per heavy atom. The third-order valence-corrected chi connectivity index (χ3v) is 2.83. The molecule has 0 aromatic carbocycles. The maximum Gasteiger partial charge on any atom is 0.328 e. The lowest BCUT2D eigenvalue weighted by atomic mass is 10.2. The maximum absolute atomic E-state index is 11.3. The van der Waals surface area contributed by atoms with Gasteiger partial charge in [0.15, 0.2) is 0 Å². The van der Waals surface area contributed by atoms with Crippen LogP contribution >= 0.6 is 11.3 Å². The minimum atomic E-state index is -0.625. The van der Waals surface area contributed by atoms with Gasteiger partial charge in [0.05, 0.1) is 6.61 Å². The summed E-state index contributed by atoms with van der Waals surface area (Å²) in [4.78, 5) is 12.1. The Bertz CT molecular complexity index is 296. The minimum absolute atomic E-state index is 0.354. The number of nitrogens with two attached hydrogens (primary N) is 1. The number of carbonyl (C=O) groups excluding carboxylic acids is 1. The molecule has 2 N–H and O–H groups in total. The fraction of sp³-hybridized carbons (Fsp3) is 0.444. The summed E-state index contributed by atoms with van der Waals surface area (Å²) in [6.45, 7) is 4.08. The molecule has 0 bridgehead atoms. The van der Waals surface area contributed by atoms with E-state index in [1.54, 1.807) is 6.92 Å². The van der Waals surface area contributed by atoms with Gasteiger partial charge >= 0.3 is 5.97 Å². The zero-order valence-electron chi connectivity index (χ0n) is 7.74. The second-order valence-electron chi connectivity index (χ2n) is 2.70. The fourth-order valence-electron chi connectivity index (χ4n) is 1.04. The zero-order chi connectivity index (χ0) is 9.84. The van der Waals surface area contributed by atoms with Crippen molar-refractivity contribution in [1.29, 1.82) is 0 Å². The van der Waals surface area contributed by atoms with Crippen LogP contribution in [0.4, 0.5) is 0 Å². The summed E-state index contributed by atoms with van der Waals surface area (Å²) in [5.41, 5.74) is 6.75. The molecule has 0 aliphatic heterocycles. The first-order valence-electron chi connectivity index (χ1n) is 4.13. The molecule has 0 fully saturated rings. The summed E-state index contributed by atoms with van der Waals surface area (Å²) in [5.74, 6) is -0.354. The summed E-state index contributed by atoms with van der Waals surface area (Å²) in [5, 5.41) is 1.92. The SMILES string of the molecule is CCOC(=O)C(N)c1sccc1C. The molecule has 1 heterocycles. The molecule has 0 spiro atoms. The molecule has 0 saturated carbocycles. The van der Waals surface area contributed by atoms with Gasteiger partial charge in [-0.15, -0.1) is 11.3 Å². The van der Waals surface area contributed by atoms with Gasteiger partial charge in [-0.1, -0.05) is 0 Å². The third kappa shape index (κ3) is 2.29. The van der Waals surface area contributed by atoms with E-state index in [0.717, 1.165) is 10.4 Å². The van der Waals surface area contributed by atoms with Crippen molar-refractivity contribution in [3.8, 4) is 0 Å². The maximum atomic E-state index is 11.3. The van der Waals surface area contributed by atoms with Crippen LogP contribution in [0.3, 0.4) is 0 Å². The molecular weight excluding hydrogens is 186 g/mol. The average molecular weight is 199 g/mol. The van der Waals surface area contributed by atoms with Crippen molar-refractivity contribution >= 4 is 17.3 Å². The second-order valence-corrected chi connectivity index (χ2v) is 3.65. The number of esters is 1. The lowest BCUT2D eigenvalue weighted by Crippen LogP contribution is -2.23. The summed E-state index contributed by atoms with van der Waals surface area (Å²) < 4.78 is 4.83. The van der Waals surface area contributed by atoms with Gasteiger partial charge in [-0.2, -0.15) is 0 Å². The van der Waals surface area contributed by atoms with E-state index in [1.165, 1.54) is 11.3 Å². The van der Waals surface area contributed by atoms with Crippen molar-refractivity contribution < 1.29 is 9.53 Å². The van der Waals surface area contributed by atoms with Crippen molar-refractivity contribution in [3.05, 3.63) is 21.9 Å². The van der Waals surface area contributed by atoms with Crippen molar-refractivity contribution in [2.75, 3.05) is 6.61 Å². The van der Waals surface area contributed by atoms with E-state index in [0.29, 0.717) is 6.61 Å². The van der Waals surface area contributed by atoms with E-state index in [2.05, 4.69) is 0 Å². The first-order valence-corrected chi connectivity index (χ1v) is 5.01. The van der Waals surface area contributed by atoms with Gasteiger partial charge in [0, 0.05) is 4.88 Å².